The Hall–Kier alpha value is -3.22. The van der Waals surface area contributed by atoms with E-state index in [0.717, 1.165) is 22.7 Å². The highest BCUT2D eigenvalue weighted by atomic mass is 35.5. The maximum absolute atomic E-state index is 13.3. The zero-order valence-corrected chi connectivity index (χ0v) is 17.8. The smallest absolute Gasteiger partial charge is 0.174 e. The Balaban J connectivity index is 1.59. The van der Waals surface area contributed by atoms with E-state index in [1.54, 1.807) is 18.3 Å². The highest BCUT2D eigenvalue weighted by Crippen LogP contribution is 2.43. The minimum atomic E-state index is -0.287. The number of thiocarbonyl (C=S) groups is 1. The first kappa shape index (κ1) is 19.7. The van der Waals surface area contributed by atoms with Gasteiger partial charge >= 0.3 is 0 Å². The number of hydrogen-bond donors (Lipinski definition) is 1. The van der Waals surface area contributed by atoms with Gasteiger partial charge in [-0.2, -0.15) is 0 Å². The van der Waals surface area contributed by atoms with E-state index < -0.39 is 0 Å². The van der Waals surface area contributed by atoms with E-state index in [2.05, 4.69) is 10.3 Å². The average molecular weight is 450 g/mol. The summed E-state index contributed by atoms with van der Waals surface area (Å²) in [5.41, 5.74) is 2.55. The molecule has 154 valence electrons. The molecule has 0 spiro atoms. The van der Waals surface area contributed by atoms with E-state index in [-0.39, 0.29) is 17.9 Å². The molecule has 5 rings (SSSR count). The predicted octanol–water partition coefficient (Wildman–Crippen LogP) is 6.31. The number of halogens is 2. The van der Waals surface area contributed by atoms with Crippen molar-refractivity contribution in [3.05, 3.63) is 107 Å². The minimum Gasteiger partial charge on any atom is -0.459 e. The van der Waals surface area contributed by atoms with Gasteiger partial charge in [-0.3, -0.25) is 4.98 Å². The van der Waals surface area contributed by atoms with Crippen molar-refractivity contribution >= 4 is 34.6 Å². The topological polar surface area (TPSA) is 41.3 Å². The summed E-state index contributed by atoms with van der Waals surface area (Å²) in [5, 5.41) is 4.61. The molecule has 7 heteroatoms. The summed E-state index contributed by atoms with van der Waals surface area (Å²) >= 11 is 11.8. The molecule has 0 unspecified atom stereocenters. The second kappa shape index (κ2) is 8.13. The second-order valence-electron chi connectivity index (χ2n) is 7.18. The number of nitrogens with one attached hydrogen (secondary N) is 1. The predicted molar refractivity (Wildman–Crippen MR) is 123 cm³/mol. The zero-order valence-electron chi connectivity index (χ0n) is 16.2. The first-order valence-corrected chi connectivity index (χ1v) is 10.5. The van der Waals surface area contributed by atoms with E-state index in [4.69, 9.17) is 28.2 Å². The lowest BCUT2D eigenvalue weighted by molar-refractivity contribution is 0.439. The molecule has 1 saturated heterocycles. The third-order valence-electron chi connectivity index (χ3n) is 5.25. The maximum atomic E-state index is 13.3. The summed E-state index contributed by atoms with van der Waals surface area (Å²) in [6.07, 6.45) is 1.76. The van der Waals surface area contributed by atoms with Crippen LogP contribution in [0.5, 0.6) is 0 Å². The van der Waals surface area contributed by atoms with Gasteiger partial charge in [0.1, 0.15) is 23.4 Å². The van der Waals surface area contributed by atoms with Crippen molar-refractivity contribution in [1.29, 1.82) is 0 Å². The van der Waals surface area contributed by atoms with Gasteiger partial charge in [0.15, 0.2) is 5.11 Å². The van der Waals surface area contributed by atoms with Crippen LogP contribution in [0.4, 0.5) is 10.1 Å². The molecule has 0 radical (unpaired) electrons. The molecule has 0 amide bonds. The molecular formula is C24H17ClFN3OS. The Morgan fingerprint density at radius 2 is 1.74 bits per heavy atom. The third kappa shape index (κ3) is 3.80. The summed E-state index contributed by atoms with van der Waals surface area (Å²) in [6.45, 7) is 0. The number of furan rings is 1. The maximum Gasteiger partial charge on any atom is 0.174 e. The molecular weight excluding hydrogens is 433 g/mol. The molecule has 1 aliphatic rings. The number of hydrogen-bond acceptors (Lipinski definition) is 3. The molecule has 4 aromatic rings. The quantitative estimate of drug-likeness (QED) is 0.370. The number of anilines is 1. The van der Waals surface area contributed by atoms with E-state index >= 15 is 0 Å². The van der Waals surface area contributed by atoms with Gasteiger partial charge in [-0.15, -0.1) is 0 Å². The van der Waals surface area contributed by atoms with E-state index in [1.165, 1.54) is 12.1 Å². The molecule has 1 aliphatic heterocycles. The van der Waals surface area contributed by atoms with E-state index in [0.29, 0.717) is 15.9 Å². The van der Waals surface area contributed by atoms with Crippen LogP contribution >= 0.6 is 23.8 Å². The van der Waals surface area contributed by atoms with Gasteiger partial charge in [0.25, 0.3) is 0 Å². The minimum absolute atomic E-state index is 0.211. The van der Waals surface area contributed by atoms with Crippen LogP contribution in [0.1, 0.15) is 23.5 Å². The van der Waals surface area contributed by atoms with Gasteiger partial charge in [-0.25, -0.2) is 4.39 Å². The average Bonchev–Trinajstić information content (AvgIpc) is 3.40. The van der Waals surface area contributed by atoms with Crippen molar-refractivity contribution < 1.29 is 8.81 Å². The van der Waals surface area contributed by atoms with Crippen LogP contribution in [0.25, 0.3) is 11.3 Å². The fourth-order valence-corrected chi connectivity index (χ4v) is 4.28. The molecule has 2 aromatic heterocycles. The molecule has 0 aliphatic carbocycles. The molecule has 2 aromatic carbocycles. The van der Waals surface area contributed by atoms with E-state index in [9.17, 15) is 4.39 Å². The van der Waals surface area contributed by atoms with Gasteiger partial charge < -0.3 is 14.6 Å². The first-order valence-electron chi connectivity index (χ1n) is 9.72. The SMILES string of the molecule is Fc1ccc(-c2ccc([C@H]3[C@@H](c4ccccn4)NC(=S)N3c3ccc(Cl)cc3)o2)cc1. The monoisotopic (exact) mass is 449 g/mol. The first-order chi connectivity index (χ1) is 15.1. The van der Waals surface area contributed by atoms with Crippen LogP contribution in [0.15, 0.2) is 89.5 Å². The number of nitrogens with zero attached hydrogens (tertiary/aromatic N) is 2. The third-order valence-corrected chi connectivity index (χ3v) is 5.82. The molecule has 4 nitrogen and oxygen atoms in total. The van der Waals surface area contributed by atoms with E-state index in [1.807, 2.05) is 59.5 Å². The van der Waals surface area contributed by atoms with Crippen molar-refractivity contribution in [2.24, 2.45) is 0 Å². The molecule has 2 atom stereocenters. The Morgan fingerprint density at radius 1 is 0.968 bits per heavy atom. The second-order valence-corrected chi connectivity index (χ2v) is 8.01. The van der Waals surface area contributed by atoms with Crippen LogP contribution in [-0.4, -0.2) is 10.1 Å². The highest BCUT2D eigenvalue weighted by molar-refractivity contribution is 7.80. The number of aromatic nitrogens is 1. The molecule has 1 N–H and O–H groups in total. The van der Waals surface area contributed by atoms with Gasteiger partial charge in [0, 0.05) is 22.5 Å². The van der Waals surface area contributed by atoms with Crippen molar-refractivity contribution in [2.45, 2.75) is 12.1 Å². The summed E-state index contributed by atoms with van der Waals surface area (Å²) in [4.78, 5) is 6.55. The summed E-state index contributed by atoms with van der Waals surface area (Å²) in [6, 6.07) is 22.9. The highest BCUT2D eigenvalue weighted by Gasteiger charge is 2.42. The Labute approximate surface area is 189 Å². The lowest BCUT2D eigenvalue weighted by atomic mass is 10.0. The fraction of sp³-hybridized carbons (Fsp3) is 0.0833. The van der Waals surface area contributed by atoms with Gasteiger partial charge in [-0.05, 0) is 85.0 Å². The Bertz CT molecular complexity index is 1210. The van der Waals surface area contributed by atoms with Crippen molar-refractivity contribution in [1.82, 2.24) is 10.3 Å². The number of pyridine rings is 1. The van der Waals surface area contributed by atoms with Crippen LogP contribution < -0.4 is 10.2 Å². The number of rotatable bonds is 4. The largest absolute Gasteiger partial charge is 0.459 e. The normalized spacial score (nSPS) is 18.3. The lowest BCUT2D eigenvalue weighted by Crippen LogP contribution is -2.29. The molecule has 1 fully saturated rings. The van der Waals surface area contributed by atoms with Gasteiger partial charge in [-0.1, -0.05) is 17.7 Å². The standard InChI is InChI=1S/C24H17ClFN3OS/c25-16-6-10-18(11-7-16)29-23(22(28-24(29)31)19-3-1-2-14-27-19)21-13-12-20(30-21)15-4-8-17(26)9-5-15/h1-14,22-23H,(H,28,31)/t22-,23+/m1/s1. The molecule has 31 heavy (non-hydrogen) atoms. The Morgan fingerprint density at radius 3 is 2.45 bits per heavy atom. The molecule has 0 saturated carbocycles. The van der Waals surface area contributed by atoms with Crippen molar-refractivity contribution in [3.63, 3.8) is 0 Å². The molecule has 0 bridgehead atoms. The summed E-state index contributed by atoms with van der Waals surface area (Å²) in [7, 11) is 0. The van der Waals surface area contributed by atoms with Crippen LogP contribution in [0.2, 0.25) is 5.02 Å². The zero-order chi connectivity index (χ0) is 21.4. The molecule has 3 heterocycles. The summed E-state index contributed by atoms with van der Waals surface area (Å²) in [5.74, 6) is 1.09. The Kier molecular flexibility index (Phi) is 5.18. The van der Waals surface area contributed by atoms with Crippen molar-refractivity contribution in [2.75, 3.05) is 4.90 Å². The van der Waals surface area contributed by atoms with Crippen LogP contribution in [0, 0.1) is 5.82 Å². The fourth-order valence-electron chi connectivity index (χ4n) is 3.80. The number of benzene rings is 2. The van der Waals surface area contributed by atoms with Gasteiger partial charge in [0.05, 0.1) is 11.7 Å². The van der Waals surface area contributed by atoms with Crippen molar-refractivity contribution in [3.8, 4) is 11.3 Å². The van der Waals surface area contributed by atoms with Gasteiger partial charge in [0.2, 0.25) is 0 Å². The van der Waals surface area contributed by atoms with Crippen LogP contribution in [0.3, 0.4) is 0 Å². The lowest BCUT2D eigenvalue weighted by Gasteiger charge is -2.26. The summed E-state index contributed by atoms with van der Waals surface area (Å²) < 4.78 is 19.6. The van der Waals surface area contributed by atoms with Crippen LogP contribution in [-0.2, 0) is 0 Å².